The molecule has 0 amide bonds. The van der Waals surface area contributed by atoms with Gasteiger partial charge in [-0.1, -0.05) is 44.2 Å². The van der Waals surface area contributed by atoms with E-state index in [9.17, 15) is 4.79 Å². The molecule has 0 aliphatic carbocycles. The first-order chi connectivity index (χ1) is 8.18. The standard InChI is InChI=1S/C15H16OS/c1-11(2)10-13-8-9-17-15(13)14(16)12-6-4-3-5-7-12/h3-9,11H,10H2,1-2H3. The first-order valence-electron chi connectivity index (χ1n) is 5.84. The molecule has 0 unspecified atom stereocenters. The number of hydrogen-bond acceptors (Lipinski definition) is 2. The van der Waals surface area contributed by atoms with E-state index in [2.05, 4.69) is 19.9 Å². The number of benzene rings is 1. The zero-order valence-corrected chi connectivity index (χ0v) is 11.0. The van der Waals surface area contributed by atoms with Gasteiger partial charge in [0.2, 0.25) is 5.78 Å². The molecule has 2 aromatic rings. The fourth-order valence-electron chi connectivity index (χ4n) is 1.86. The second kappa shape index (κ2) is 5.28. The highest BCUT2D eigenvalue weighted by Crippen LogP contribution is 2.23. The molecule has 0 saturated carbocycles. The maximum absolute atomic E-state index is 12.3. The van der Waals surface area contributed by atoms with E-state index in [1.165, 1.54) is 5.56 Å². The van der Waals surface area contributed by atoms with Crippen LogP contribution >= 0.6 is 11.3 Å². The molecule has 0 aliphatic heterocycles. The van der Waals surface area contributed by atoms with Gasteiger partial charge in [0.25, 0.3) is 0 Å². The van der Waals surface area contributed by atoms with Crippen LogP contribution in [0.15, 0.2) is 41.8 Å². The lowest BCUT2D eigenvalue weighted by Crippen LogP contribution is -2.03. The van der Waals surface area contributed by atoms with E-state index in [4.69, 9.17) is 0 Å². The van der Waals surface area contributed by atoms with Gasteiger partial charge in [0.15, 0.2) is 0 Å². The van der Waals surface area contributed by atoms with Crippen molar-refractivity contribution in [2.24, 2.45) is 5.92 Å². The summed E-state index contributed by atoms with van der Waals surface area (Å²) in [6.07, 6.45) is 0.970. The largest absolute Gasteiger partial charge is 0.288 e. The summed E-state index contributed by atoms with van der Waals surface area (Å²) in [4.78, 5) is 13.2. The quantitative estimate of drug-likeness (QED) is 0.737. The summed E-state index contributed by atoms with van der Waals surface area (Å²) in [5.74, 6) is 0.725. The molecule has 2 heteroatoms. The third-order valence-electron chi connectivity index (χ3n) is 2.62. The number of rotatable bonds is 4. The SMILES string of the molecule is CC(C)Cc1ccsc1C(=O)c1ccccc1. The summed E-state index contributed by atoms with van der Waals surface area (Å²) < 4.78 is 0. The Morgan fingerprint density at radius 3 is 2.53 bits per heavy atom. The molecule has 1 aromatic carbocycles. The molecular weight excluding hydrogens is 228 g/mol. The Morgan fingerprint density at radius 2 is 1.88 bits per heavy atom. The number of ketones is 1. The molecule has 1 heterocycles. The van der Waals surface area contributed by atoms with Crippen LogP contribution in [0.2, 0.25) is 0 Å². The molecule has 0 fully saturated rings. The predicted octanol–water partition coefficient (Wildman–Crippen LogP) is 4.18. The third-order valence-corrected chi connectivity index (χ3v) is 3.57. The van der Waals surface area contributed by atoms with E-state index in [0.717, 1.165) is 16.9 Å². The second-order valence-corrected chi connectivity index (χ2v) is 5.48. The van der Waals surface area contributed by atoms with Gasteiger partial charge in [-0.15, -0.1) is 11.3 Å². The molecule has 0 spiro atoms. The van der Waals surface area contributed by atoms with Crippen LogP contribution < -0.4 is 0 Å². The molecule has 0 saturated heterocycles. The Labute approximate surface area is 106 Å². The average molecular weight is 244 g/mol. The smallest absolute Gasteiger partial charge is 0.203 e. The minimum atomic E-state index is 0.149. The Balaban J connectivity index is 2.29. The van der Waals surface area contributed by atoms with Gasteiger partial charge >= 0.3 is 0 Å². The van der Waals surface area contributed by atoms with Crippen molar-refractivity contribution >= 4 is 17.1 Å². The number of carbonyl (C=O) groups is 1. The first kappa shape index (κ1) is 12.1. The fourth-order valence-corrected chi connectivity index (χ4v) is 2.75. The van der Waals surface area contributed by atoms with Gasteiger partial charge in [0.1, 0.15) is 0 Å². The molecule has 0 bridgehead atoms. The van der Waals surface area contributed by atoms with Crippen molar-refractivity contribution < 1.29 is 4.79 Å². The van der Waals surface area contributed by atoms with Crippen molar-refractivity contribution in [1.29, 1.82) is 0 Å². The number of thiophene rings is 1. The zero-order chi connectivity index (χ0) is 12.3. The average Bonchev–Trinajstić information content (AvgIpc) is 2.76. The van der Waals surface area contributed by atoms with Gasteiger partial charge in [0, 0.05) is 5.56 Å². The summed E-state index contributed by atoms with van der Waals surface area (Å²) in [5.41, 5.74) is 1.96. The van der Waals surface area contributed by atoms with E-state index in [0.29, 0.717) is 5.92 Å². The lowest BCUT2D eigenvalue weighted by Gasteiger charge is -2.05. The minimum absolute atomic E-state index is 0.149. The van der Waals surface area contributed by atoms with Crippen molar-refractivity contribution in [3.05, 3.63) is 57.8 Å². The molecule has 17 heavy (non-hydrogen) atoms. The highest BCUT2D eigenvalue weighted by atomic mass is 32.1. The molecule has 88 valence electrons. The van der Waals surface area contributed by atoms with Crippen LogP contribution in [-0.4, -0.2) is 5.78 Å². The number of hydrogen-bond donors (Lipinski definition) is 0. The Kier molecular flexibility index (Phi) is 3.75. The summed E-state index contributed by atoms with van der Waals surface area (Å²) >= 11 is 1.54. The third kappa shape index (κ3) is 2.83. The molecule has 0 aliphatic rings. The molecule has 2 rings (SSSR count). The molecule has 0 radical (unpaired) electrons. The van der Waals surface area contributed by atoms with Gasteiger partial charge in [-0.3, -0.25) is 4.79 Å². The maximum atomic E-state index is 12.3. The van der Waals surface area contributed by atoms with Crippen LogP contribution in [0, 0.1) is 5.92 Å². The lowest BCUT2D eigenvalue weighted by molar-refractivity contribution is 0.104. The van der Waals surface area contributed by atoms with Crippen molar-refractivity contribution in [2.45, 2.75) is 20.3 Å². The molecule has 1 aromatic heterocycles. The highest BCUT2D eigenvalue weighted by molar-refractivity contribution is 7.12. The summed E-state index contributed by atoms with van der Waals surface area (Å²) in [5, 5.41) is 2.01. The van der Waals surface area contributed by atoms with Crippen molar-refractivity contribution in [1.82, 2.24) is 0 Å². The Hall–Kier alpha value is -1.41. The van der Waals surface area contributed by atoms with Crippen LogP contribution in [-0.2, 0) is 6.42 Å². The van der Waals surface area contributed by atoms with Gasteiger partial charge < -0.3 is 0 Å². The van der Waals surface area contributed by atoms with E-state index in [1.54, 1.807) is 11.3 Å². The van der Waals surface area contributed by atoms with E-state index < -0.39 is 0 Å². The Bertz CT molecular complexity index is 497. The van der Waals surface area contributed by atoms with Gasteiger partial charge in [-0.25, -0.2) is 0 Å². The van der Waals surface area contributed by atoms with Gasteiger partial charge in [-0.05, 0) is 29.3 Å². The molecular formula is C15H16OS. The van der Waals surface area contributed by atoms with E-state index in [1.807, 2.05) is 35.7 Å². The normalized spacial score (nSPS) is 10.8. The second-order valence-electron chi connectivity index (χ2n) is 4.57. The molecule has 1 nitrogen and oxygen atoms in total. The van der Waals surface area contributed by atoms with Crippen LogP contribution in [0.1, 0.15) is 34.6 Å². The van der Waals surface area contributed by atoms with Crippen molar-refractivity contribution in [3.8, 4) is 0 Å². The molecule has 0 atom stereocenters. The van der Waals surface area contributed by atoms with Crippen molar-refractivity contribution in [3.63, 3.8) is 0 Å². The fraction of sp³-hybridized carbons (Fsp3) is 0.267. The molecule has 0 N–H and O–H groups in total. The van der Waals surface area contributed by atoms with E-state index >= 15 is 0 Å². The first-order valence-corrected chi connectivity index (χ1v) is 6.72. The Morgan fingerprint density at radius 1 is 1.18 bits per heavy atom. The van der Waals surface area contributed by atoms with Gasteiger partial charge in [-0.2, -0.15) is 0 Å². The minimum Gasteiger partial charge on any atom is -0.288 e. The lowest BCUT2D eigenvalue weighted by atomic mass is 10.0. The van der Waals surface area contributed by atoms with Gasteiger partial charge in [0.05, 0.1) is 4.88 Å². The topological polar surface area (TPSA) is 17.1 Å². The van der Waals surface area contributed by atoms with Crippen LogP contribution in [0.4, 0.5) is 0 Å². The van der Waals surface area contributed by atoms with Crippen LogP contribution in [0.5, 0.6) is 0 Å². The predicted molar refractivity (Wildman–Crippen MR) is 72.7 cm³/mol. The van der Waals surface area contributed by atoms with Crippen LogP contribution in [0.3, 0.4) is 0 Å². The maximum Gasteiger partial charge on any atom is 0.203 e. The van der Waals surface area contributed by atoms with E-state index in [-0.39, 0.29) is 5.78 Å². The zero-order valence-electron chi connectivity index (χ0n) is 10.1. The monoisotopic (exact) mass is 244 g/mol. The van der Waals surface area contributed by atoms with Crippen LogP contribution in [0.25, 0.3) is 0 Å². The highest BCUT2D eigenvalue weighted by Gasteiger charge is 2.15. The van der Waals surface area contributed by atoms with Crippen molar-refractivity contribution in [2.75, 3.05) is 0 Å². The summed E-state index contributed by atoms with van der Waals surface area (Å²) in [6.45, 7) is 4.35. The number of carbonyl (C=O) groups excluding carboxylic acids is 1. The summed E-state index contributed by atoms with van der Waals surface area (Å²) in [7, 11) is 0. The summed E-state index contributed by atoms with van der Waals surface area (Å²) in [6, 6.07) is 11.6.